The zero-order valence-corrected chi connectivity index (χ0v) is 16.7. The van der Waals surface area contributed by atoms with Crippen LogP contribution in [0.25, 0.3) is 0 Å². The zero-order valence-electron chi connectivity index (χ0n) is 16.7. The summed E-state index contributed by atoms with van der Waals surface area (Å²) in [6.07, 6.45) is 0.253. The smallest absolute Gasteiger partial charge is 0.214 e. The average molecular weight is 404 g/mol. The van der Waals surface area contributed by atoms with E-state index in [4.69, 9.17) is 19.3 Å². The molecule has 5 rings (SSSR count). The summed E-state index contributed by atoms with van der Waals surface area (Å²) < 4.78 is 30.7. The van der Waals surface area contributed by atoms with E-state index in [1.165, 1.54) is 12.1 Å². The van der Waals surface area contributed by atoms with Crippen LogP contribution in [-0.2, 0) is 0 Å². The molecule has 2 atom stereocenters. The third-order valence-corrected chi connectivity index (χ3v) is 5.58. The largest absolute Gasteiger partial charge is 0.497 e. The molecule has 0 N–H and O–H groups in total. The standard InChI is InChI=1S/C24H21FN2O3/c1-28-18-12-8-15(9-13-18)20-14-21-19-4-3-5-22(29-2)23(19)30-24(27(21)26-20)16-6-10-17(25)11-7-16/h3-13,21,24H,14H2,1-2H3. The predicted molar refractivity (Wildman–Crippen MR) is 111 cm³/mol. The summed E-state index contributed by atoms with van der Waals surface area (Å²) in [6, 6.07) is 20.1. The number of fused-ring (bicyclic) bond motifs is 3. The van der Waals surface area contributed by atoms with Crippen LogP contribution in [0.3, 0.4) is 0 Å². The highest BCUT2D eigenvalue weighted by Crippen LogP contribution is 2.50. The number of methoxy groups -OCH3 is 2. The summed E-state index contributed by atoms with van der Waals surface area (Å²) in [4.78, 5) is 0. The molecular weight excluding hydrogens is 383 g/mol. The van der Waals surface area contributed by atoms with Gasteiger partial charge >= 0.3 is 0 Å². The molecule has 0 amide bonds. The van der Waals surface area contributed by atoms with Crippen molar-refractivity contribution in [3.8, 4) is 17.2 Å². The normalized spacial score (nSPS) is 19.4. The van der Waals surface area contributed by atoms with Gasteiger partial charge in [0, 0.05) is 17.5 Å². The lowest BCUT2D eigenvalue weighted by Crippen LogP contribution is -2.33. The Balaban J connectivity index is 1.59. The third-order valence-electron chi connectivity index (χ3n) is 5.58. The van der Waals surface area contributed by atoms with Crippen LogP contribution in [0, 0.1) is 5.82 Å². The van der Waals surface area contributed by atoms with E-state index in [9.17, 15) is 4.39 Å². The first-order chi connectivity index (χ1) is 14.7. The number of halogens is 1. The maximum Gasteiger partial charge on any atom is 0.214 e. The molecule has 0 aromatic heterocycles. The van der Waals surface area contributed by atoms with Gasteiger partial charge in [-0.25, -0.2) is 9.40 Å². The molecule has 30 heavy (non-hydrogen) atoms. The van der Waals surface area contributed by atoms with Crippen molar-refractivity contribution in [2.75, 3.05) is 14.2 Å². The Bertz CT molecular complexity index is 1100. The summed E-state index contributed by atoms with van der Waals surface area (Å²) in [6.45, 7) is 0. The van der Waals surface area contributed by atoms with E-state index < -0.39 is 6.23 Å². The molecule has 0 saturated carbocycles. The number of hydrogen-bond acceptors (Lipinski definition) is 5. The van der Waals surface area contributed by atoms with E-state index in [2.05, 4.69) is 0 Å². The fraction of sp³-hybridized carbons (Fsp3) is 0.208. The van der Waals surface area contributed by atoms with Crippen LogP contribution in [0.1, 0.15) is 35.4 Å². The van der Waals surface area contributed by atoms with Gasteiger partial charge in [0.15, 0.2) is 11.5 Å². The molecule has 2 aliphatic rings. The fourth-order valence-electron chi connectivity index (χ4n) is 4.05. The van der Waals surface area contributed by atoms with Gasteiger partial charge < -0.3 is 14.2 Å². The summed E-state index contributed by atoms with van der Waals surface area (Å²) in [5.41, 5.74) is 3.86. The first kappa shape index (κ1) is 18.5. The Labute approximate surface area is 174 Å². The number of nitrogens with zero attached hydrogens (tertiary/aromatic N) is 2. The van der Waals surface area contributed by atoms with Crippen molar-refractivity contribution in [1.29, 1.82) is 0 Å². The second-order valence-corrected chi connectivity index (χ2v) is 7.28. The number of benzene rings is 3. The number of ether oxygens (including phenoxy) is 3. The first-order valence-electron chi connectivity index (χ1n) is 9.77. The topological polar surface area (TPSA) is 43.3 Å². The van der Waals surface area contributed by atoms with Gasteiger partial charge in [0.05, 0.1) is 26.0 Å². The van der Waals surface area contributed by atoms with E-state index in [1.807, 2.05) is 47.5 Å². The average Bonchev–Trinajstić information content (AvgIpc) is 3.24. The Hall–Kier alpha value is -3.54. The van der Waals surface area contributed by atoms with Gasteiger partial charge in [-0.15, -0.1) is 0 Å². The number of hydrazone groups is 1. The van der Waals surface area contributed by atoms with E-state index >= 15 is 0 Å². The monoisotopic (exact) mass is 404 g/mol. The molecule has 0 bridgehead atoms. The summed E-state index contributed by atoms with van der Waals surface area (Å²) in [5, 5.41) is 6.89. The van der Waals surface area contributed by atoms with Crippen molar-refractivity contribution in [3.05, 3.63) is 89.2 Å². The molecule has 0 spiro atoms. The Kier molecular flexibility index (Phi) is 4.54. The van der Waals surface area contributed by atoms with Gasteiger partial charge in [0.1, 0.15) is 11.6 Å². The van der Waals surface area contributed by atoms with Crippen LogP contribution in [-0.4, -0.2) is 24.9 Å². The van der Waals surface area contributed by atoms with Crippen LogP contribution in [0.4, 0.5) is 4.39 Å². The van der Waals surface area contributed by atoms with Gasteiger partial charge in [-0.3, -0.25) is 0 Å². The fourth-order valence-corrected chi connectivity index (χ4v) is 4.05. The van der Waals surface area contributed by atoms with Crippen molar-refractivity contribution in [1.82, 2.24) is 5.01 Å². The second-order valence-electron chi connectivity index (χ2n) is 7.28. The van der Waals surface area contributed by atoms with Crippen LogP contribution >= 0.6 is 0 Å². The molecule has 2 aliphatic heterocycles. The van der Waals surface area contributed by atoms with Gasteiger partial charge in [-0.2, -0.15) is 5.10 Å². The van der Waals surface area contributed by atoms with E-state index in [-0.39, 0.29) is 11.9 Å². The highest BCUT2D eigenvalue weighted by molar-refractivity contribution is 6.02. The molecule has 3 aromatic carbocycles. The van der Waals surface area contributed by atoms with Crippen LogP contribution in [0.2, 0.25) is 0 Å². The lowest BCUT2D eigenvalue weighted by molar-refractivity contribution is -0.0209. The SMILES string of the molecule is COc1ccc(C2=NN3C(C2)c2cccc(OC)c2OC3c2ccc(F)cc2)cc1. The Morgan fingerprint density at radius 3 is 2.43 bits per heavy atom. The minimum Gasteiger partial charge on any atom is -0.497 e. The first-order valence-corrected chi connectivity index (χ1v) is 9.77. The molecule has 3 aromatic rings. The molecule has 152 valence electrons. The molecule has 2 heterocycles. The Morgan fingerprint density at radius 1 is 0.967 bits per heavy atom. The molecule has 0 radical (unpaired) electrons. The summed E-state index contributed by atoms with van der Waals surface area (Å²) in [5.74, 6) is 1.91. The minimum atomic E-state index is -0.477. The van der Waals surface area contributed by atoms with Gasteiger partial charge in [-0.1, -0.05) is 24.3 Å². The third kappa shape index (κ3) is 3.05. The van der Waals surface area contributed by atoms with E-state index in [0.29, 0.717) is 11.5 Å². The molecular formula is C24H21FN2O3. The molecule has 0 fully saturated rings. The van der Waals surface area contributed by atoms with Crippen molar-refractivity contribution < 1.29 is 18.6 Å². The van der Waals surface area contributed by atoms with Crippen molar-refractivity contribution in [3.63, 3.8) is 0 Å². The van der Waals surface area contributed by atoms with Crippen molar-refractivity contribution in [2.24, 2.45) is 5.10 Å². The van der Waals surface area contributed by atoms with E-state index in [1.54, 1.807) is 26.4 Å². The Morgan fingerprint density at radius 2 is 1.73 bits per heavy atom. The number of rotatable bonds is 4. The van der Waals surface area contributed by atoms with Crippen molar-refractivity contribution >= 4 is 5.71 Å². The maximum atomic E-state index is 13.5. The molecule has 2 unspecified atom stereocenters. The maximum absolute atomic E-state index is 13.5. The minimum absolute atomic E-state index is 0.00370. The number of hydrogen-bond donors (Lipinski definition) is 0. The summed E-state index contributed by atoms with van der Waals surface area (Å²) >= 11 is 0. The van der Waals surface area contributed by atoms with Crippen LogP contribution in [0.15, 0.2) is 71.8 Å². The van der Waals surface area contributed by atoms with Crippen LogP contribution in [0.5, 0.6) is 17.2 Å². The van der Waals surface area contributed by atoms with Gasteiger partial charge in [0.25, 0.3) is 0 Å². The number of para-hydroxylation sites is 1. The quantitative estimate of drug-likeness (QED) is 0.608. The van der Waals surface area contributed by atoms with Gasteiger partial charge in [-0.05, 0) is 48.0 Å². The van der Waals surface area contributed by atoms with E-state index in [0.717, 1.165) is 34.6 Å². The molecule has 5 nitrogen and oxygen atoms in total. The highest BCUT2D eigenvalue weighted by Gasteiger charge is 2.42. The summed E-state index contributed by atoms with van der Waals surface area (Å²) in [7, 11) is 3.28. The van der Waals surface area contributed by atoms with Crippen molar-refractivity contribution in [2.45, 2.75) is 18.7 Å². The van der Waals surface area contributed by atoms with Crippen LogP contribution < -0.4 is 14.2 Å². The lowest BCUT2D eigenvalue weighted by Gasteiger charge is -2.38. The molecule has 0 aliphatic carbocycles. The molecule has 6 heteroatoms. The molecule has 0 saturated heterocycles. The lowest BCUT2D eigenvalue weighted by atomic mass is 9.95. The second kappa shape index (κ2) is 7.37. The zero-order chi connectivity index (χ0) is 20.7. The predicted octanol–water partition coefficient (Wildman–Crippen LogP) is 5.09. The van der Waals surface area contributed by atoms with Gasteiger partial charge in [0.2, 0.25) is 6.23 Å². The highest BCUT2D eigenvalue weighted by atomic mass is 19.1.